The highest BCUT2D eigenvalue weighted by atomic mass is 16.6. The van der Waals surface area contributed by atoms with E-state index in [0.717, 1.165) is 6.42 Å². The Kier molecular flexibility index (Phi) is 4.55. The largest absolute Gasteiger partial charge is 0.494 e. The van der Waals surface area contributed by atoms with Crippen LogP contribution in [-0.4, -0.2) is 16.5 Å². The van der Waals surface area contributed by atoms with Gasteiger partial charge in [0, 0.05) is 6.07 Å². The number of hydrogen-bond donors (Lipinski definition) is 1. The van der Waals surface area contributed by atoms with Gasteiger partial charge in [0.05, 0.1) is 11.5 Å². The normalized spacial score (nSPS) is 10.1. The van der Waals surface area contributed by atoms with Crippen LogP contribution in [0.3, 0.4) is 0 Å². The van der Waals surface area contributed by atoms with Gasteiger partial charge in [0.2, 0.25) is 0 Å². The van der Waals surface area contributed by atoms with Crippen LogP contribution in [0.5, 0.6) is 17.4 Å². The van der Waals surface area contributed by atoms with Crippen molar-refractivity contribution in [2.24, 2.45) is 0 Å². The molecule has 0 amide bonds. The predicted octanol–water partition coefficient (Wildman–Crippen LogP) is 3.15. The zero-order valence-electron chi connectivity index (χ0n) is 11.5. The highest BCUT2D eigenvalue weighted by Gasteiger charge is 2.17. The van der Waals surface area contributed by atoms with E-state index in [4.69, 9.17) is 15.2 Å². The fourth-order valence-electron chi connectivity index (χ4n) is 1.60. The molecule has 2 rings (SSSR count). The number of nitro groups is 1. The molecule has 2 aromatic rings. The maximum atomic E-state index is 10.9. The summed E-state index contributed by atoms with van der Waals surface area (Å²) in [6.07, 6.45) is 0.914. The Balaban J connectivity index is 2.18. The number of nitrogen functional groups attached to an aromatic ring is 1. The molecule has 0 atom stereocenters. The van der Waals surface area contributed by atoms with Crippen molar-refractivity contribution in [1.82, 2.24) is 4.98 Å². The summed E-state index contributed by atoms with van der Waals surface area (Å²) in [6.45, 7) is 2.64. The van der Waals surface area contributed by atoms with Crippen LogP contribution in [0, 0.1) is 10.1 Å². The van der Waals surface area contributed by atoms with E-state index >= 15 is 0 Å². The van der Waals surface area contributed by atoms with Crippen LogP contribution in [0.15, 0.2) is 36.4 Å². The zero-order valence-corrected chi connectivity index (χ0v) is 11.5. The fourth-order valence-corrected chi connectivity index (χ4v) is 1.60. The monoisotopic (exact) mass is 289 g/mol. The van der Waals surface area contributed by atoms with Crippen LogP contribution in [0.4, 0.5) is 11.5 Å². The van der Waals surface area contributed by atoms with Crippen LogP contribution in [0.25, 0.3) is 0 Å². The third kappa shape index (κ3) is 3.82. The van der Waals surface area contributed by atoms with E-state index in [1.165, 1.54) is 12.1 Å². The minimum atomic E-state index is -0.569. The Bertz CT molecular complexity index is 629. The van der Waals surface area contributed by atoms with Crippen LogP contribution in [0.1, 0.15) is 13.3 Å². The summed E-state index contributed by atoms with van der Waals surface area (Å²) < 4.78 is 10.9. The van der Waals surface area contributed by atoms with E-state index in [-0.39, 0.29) is 17.4 Å². The molecule has 1 aromatic heterocycles. The van der Waals surface area contributed by atoms with Crippen molar-refractivity contribution in [2.45, 2.75) is 13.3 Å². The Morgan fingerprint density at radius 3 is 2.48 bits per heavy atom. The summed E-state index contributed by atoms with van der Waals surface area (Å²) in [6, 6.07) is 9.37. The molecule has 7 nitrogen and oxygen atoms in total. The molecule has 0 bridgehead atoms. The molecule has 21 heavy (non-hydrogen) atoms. The molecule has 0 radical (unpaired) electrons. The zero-order chi connectivity index (χ0) is 15.2. The summed E-state index contributed by atoms with van der Waals surface area (Å²) in [5.41, 5.74) is 5.29. The minimum Gasteiger partial charge on any atom is -0.494 e. The van der Waals surface area contributed by atoms with Gasteiger partial charge < -0.3 is 15.2 Å². The molecule has 2 N–H and O–H groups in total. The van der Waals surface area contributed by atoms with Crippen LogP contribution >= 0.6 is 0 Å². The van der Waals surface area contributed by atoms with Gasteiger partial charge in [0.25, 0.3) is 0 Å². The number of benzene rings is 1. The van der Waals surface area contributed by atoms with Crippen LogP contribution in [-0.2, 0) is 0 Å². The number of anilines is 1. The first-order chi connectivity index (χ1) is 10.1. The van der Waals surface area contributed by atoms with Gasteiger partial charge >= 0.3 is 11.6 Å². The second-order valence-corrected chi connectivity index (χ2v) is 4.24. The highest BCUT2D eigenvalue weighted by molar-refractivity contribution is 5.49. The fraction of sp³-hybridized carbons (Fsp3) is 0.214. The number of rotatable bonds is 6. The number of pyridine rings is 1. The quantitative estimate of drug-likeness (QED) is 0.647. The van der Waals surface area contributed by atoms with E-state index < -0.39 is 4.92 Å². The summed E-state index contributed by atoms with van der Waals surface area (Å²) in [7, 11) is 0. The standard InChI is InChI=1S/C14H15N3O4/c1-2-9-20-10-3-5-11(6-4-10)21-14-12(17(18)19)7-8-13(15)16-14/h3-8H,2,9H2,1H3,(H2,15,16). The summed E-state index contributed by atoms with van der Waals surface area (Å²) in [5, 5.41) is 10.9. The molecule has 110 valence electrons. The molecule has 1 heterocycles. The van der Waals surface area contributed by atoms with E-state index in [1.54, 1.807) is 24.3 Å². The van der Waals surface area contributed by atoms with Gasteiger partial charge in [-0.05, 0) is 36.8 Å². The maximum absolute atomic E-state index is 10.9. The second kappa shape index (κ2) is 6.56. The van der Waals surface area contributed by atoms with Gasteiger partial charge in [-0.25, -0.2) is 0 Å². The SMILES string of the molecule is CCCOc1ccc(Oc2nc(N)ccc2[N+](=O)[O-])cc1. The first kappa shape index (κ1) is 14.6. The minimum absolute atomic E-state index is 0.137. The van der Waals surface area contributed by atoms with Gasteiger partial charge in [0.1, 0.15) is 17.3 Å². The lowest BCUT2D eigenvalue weighted by Gasteiger charge is -2.07. The van der Waals surface area contributed by atoms with E-state index in [2.05, 4.69) is 4.98 Å². The summed E-state index contributed by atoms with van der Waals surface area (Å²) >= 11 is 0. The number of ether oxygens (including phenoxy) is 2. The number of aromatic nitrogens is 1. The molecule has 7 heteroatoms. The first-order valence-corrected chi connectivity index (χ1v) is 6.41. The van der Waals surface area contributed by atoms with Gasteiger partial charge in [-0.3, -0.25) is 10.1 Å². The first-order valence-electron chi connectivity index (χ1n) is 6.41. The van der Waals surface area contributed by atoms with Crippen molar-refractivity contribution in [3.05, 3.63) is 46.5 Å². The number of hydrogen-bond acceptors (Lipinski definition) is 6. The highest BCUT2D eigenvalue weighted by Crippen LogP contribution is 2.30. The van der Waals surface area contributed by atoms with Crippen molar-refractivity contribution in [3.8, 4) is 17.4 Å². The van der Waals surface area contributed by atoms with Crippen molar-refractivity contribution in [1.29, 1.82) is 0 Å². The van der Waals surface area contributed by atoms with Crippen LogP contribution < -0.4 is 15.2 Å². The van der Waals surface area contributed by atoms with Gasteiger partial charge in [-0.15, -0.1) is 0 Å². The topological polar surface area (TPSA) is 101 Å². The van der Waals surface area contributed by atoms with E-state index in [1.807, 2.05) is 6.92 Å². The predicted molar refractivity (Wildman–Crippen MR) is 77.6 cm³/mol. The smallest absolute Gasteiger partial charge is 0.331 e. The molecule has 0 fully saturated rings. The number of nitrogens with zero attached hydrogens (tertiary/aromatic N) is 2. The Labute approximate surface area is 121 Å². The molecule has 0 saturated carbocycles. The second-order valence-electron chi connectivity index (χ2n) is 4.24. The summed E-state index contributed by atoms with van der Waals surface area (Å²) in [5.74, 6) is 1.14. The van der Waals surface area contributed by atoms with Crippen LogP contribution in [0.2, 0.25) is 0 Å². The lowest BCUT2D eigenvalue weighted by Crippen LogP contribution is -1.99. The molecular formula is C14H15N3O4. The molecule has 0 spiro atoms. The van der Waals surface area contributed by atoms with Crippen molar-refractivity contribution < 1.29 is 14.4 Å². The van der Waals surface area contributed by atoms with Crippen molar-refractivity contribution >= 4 is 11.5 Å². The number of nitrogens with two attached hydrogens (primary N) is 1. The van der Waals surface area contributed by atoms with E-state index in [9.17, 15) is 10.1 Å². The molecule has 0 aliphatic heterocycles. The average Bonchev–Trinajstić information content (AvgIpc) is 2.46. The Hall–Kier alpha value is -2.83. The van der Waals surface area contributed by atoms with Gasteiger partial charge in [-0.1, -0.05) is 6.92 Å². The van der Waals surface area contributed by atoms with Gasteiger partial charge in [0.15, 0.2) is 0 Å². The average molecular weight is 289 g/mol. The third-order valence-electron chi connectivity index (χ3n) is 2.57. The molecule has 1 aromatic carbocycles. The van der Waals surface area contributed by atoms with E-state index in [0.29, 0.717) is 18.1 Å². The Morgan fingerprint density at radius 1 is 1.19 bits per heavy atom. The lowest BCUT2D eigenvalue weighted by atomic mass is 10.3. The Morgan fingerprint density at radius 2 is 1.86 bits per heavy atom. The van der Waals surface area contributed by atoms with Crippen molar-refractivity contribution in [3.63, 3.8) is 0 Å². The molecule has 0 aliphatic carbocycles. The van der Waals surface area contributed by atoms with Gasteiger partial charge in [-0.2, -0.15) is 4.98 Å². The molecular weight excluding hydrogens is 274 g/mol. The third-order valence-corrected chi connectivity index (χ3v) is 2.57. The van der Waals surface area contributed by atoms with Crippen molar-refractivity contribution in [2.75, 3.05) is 12.3 Å². The molecule has 0 aliphatic rings. The molecule has 0 unspecified atom stereocenters. The summed E-state index contributed by atoms with van der Waals surface area (Å²) in [4.78, 5) is 14.2. The maximum Gasteiger partial charge on any atom is 0.331 e. The lowest BCUT2D eigenvalue weighted by molar-refractivity contribution is -0.386. The molecule has 0 saturated heterocycles.